The van der Waals surface area contributed by atoms with E-state index in [9.17, 15) is 9.59 Å². The molecule has 0 spiro atoms. The molecule has 0 aliphatic carbocycles. The molecule has 40 heavy (non-hydrogen) atoms. The highest BCUT2D eigenvalue weighted by molar-refractivity contribution is 7.07. The van der Waals surface area contributed by atoms with E-state index in [4.69, 9.17) is 32.7 Å². The Morgan fingerprint density at radius 1 is 1.02 bits per heavy atom. The predicted molar refractivity (Wildman–Crippen MR) is 159 cm³/mol. The van der Waals surface area contributed by atoms with Gasteiger partial charge in [-0.2, -0.15) is 0 Å². The number of rotatable bonds is 7. The van der Waals surface area contributed by atoms with Crippen molar-refractivity contribution in [2.24, 2.45) is 4.99 Å². The van der Waals surface area contributed by atoms with E-state index in [2.05, 4.69) is 4.99 Å². The molecule has 0 saturated heterocycles. The number of aromatic nitrogens is 1. The SMILES string of the molecule is CCOC(=O)C1=C(C)N=c2s/c(=C\c3cc(Cl)ccc3OCc3ccc(Cl)cc3)c(=O)n2[C@@H]1c1ccc(C)cc1. The lowest BCUT2D eigenvalue weighted by molar-refractivity contribution is -0.139. The van der Waals surface area contributed by atoms with Gasteiger partial charge in [0.1, 0.15) is 12.4 Å². The highest BCUT2D eigenvalue weighted by atomic mass is 35.5. The zero-order valence-corrected chi connectivity index (χ0v) is 24.4. The fourth-order valence-electron chi connectivity index (χ4n) is 4.50. The number of ether oxygens (including phenoxy) is 2. The van der Waals surface area contributed by atoms with Gasteiger partial charge in [-0.1, -0.05) is 76.5 Å². The topological polar surface area (TPSA) is 69.9 Å². The highest BCUT2D eigenvalue weighted by Crippen LogP contribution is 2.31. The number of hydrogen-bond acceptors (Lipinski definition) is 6. The van der Waals surface area contributed by atoms with E-state index < -0.39 is 12.0 Å². The third-order valence-electron chi connectivity index (χ3n) is 6.48. The van der Waals surface area contributed by atoms with Crippen LogP contribution < -0.4 is 19.6 Å². The number of hydrogen-bond donors (Lipinski definition) is 0. The largest absolute Gasteiger partial charge is 0.488 e. The van der Waals surface area contributed by atoms with Gasteiger partial charge in [-0.15, -0.1) is 0 Å². The smallest absolute Gasteiger partial charge is 0.338 e. The Balaban J connectivity index is 1.61. The Bertz CT molecular complexity index is 1790. The summed E-state index contributed by atoms with van der Waals surface area (Å²) in [5.41, 5.74) is 4.06. The molecule has 4 aromatic rings. The second kappa shape index (κ2) is 11.8. The van der Waals surface area contributed by atoms with Crippen molar-refractivity contribution >= 4 is 46.6 Å². The molecule has 0 unspecified atom stereocenters. The first-order valence-electron chi connectivity index (χ1n) is 12.7. The number of aryl methyl sites for hydroxylation is 1. The number of nitrogens with zero attached hydrogens (tertiary/aromatic N) is 2. The molecule has 0 radical (unpaired) electrons. The minimum absolute atomic E-state index is 0.216. The quantitative estimate of drug-likeness (QED) is 0.247. The van der Waals surface area contributed by atoms with Gasteiger partial charge in [-0.3, -0.25) is 9.36 Å². The van der Waals surface area contributed by atoms with Crippen LogP contribution in [0.2, 0.25) is 10.0 Å². The fraction of sp³-hybridized carbons (Fsp3) is 0.194. The Kier molecular flexibility index (Phi) is 8.26. The van der Waals surface area contributed by atoms with Gasteiger partial charge < -0.3 is 9.47 Å². The third-order valence-corrected chi connectivity index (χ3v) is 7.95. The molecule has 0 fully saturated rings. The summed E-state index contributed by atoms with van der Waals surface area (Å²) in [5.74, 6) is 0.0833. The molecule has 2 heterocycles. The molecular formula is C31H26Cl2N2O4S. The van der Waals surface area contributed by atoms with E-state index >= 15 is 0 Å². The second-order valence-electron chi connectivity index (χ2n) is 9.31. The molecule has 0 saturated carbocycles. The van der Waals surface area contributed by atoms with Gasteiger partial charge in [-0.05, 0) is 68.3 Å². The Morgan fingerprint density at radius 3 is 2.42 bits per heavy atom. The van der Waals surface area contributed by atoms with Crippen molar-refractivity contribution in [1.82, 2.24) is 4.57 Å². The highest BCUT2D eigenvalue weighted by Gasteiger charge is 2.33. The number of halogens is 2. The molecule has 0 amide bonds. The van der Waals surface area contributed by atoms with Gasteiger partial charge in [0.05, 0.1) is 28.5 Å². The first kappa shape index (κ1) is 27.9. The van der Waals surface area contributed by atoms with Gasteiger partial charge in [0.25, 0.3) is 5.56 Å². The zero-order valence-electron chi connectivity index (χ0n) is 22.1. The van der Waals surface area contributed by atoms with Crippen LogP contribution in [-0.2, 0) is 16.1 Å². The standard InChI is InChI=1S/C31H26Cl2N2O4S/c1-4-38-30(37)27-19(3)34-31-35(28(27)21-9-5-18(2)6-10-21)29(36)26(40-31)16-22-15-24(33)13-14-25(22)39-17-20-7-11-23(32)12-8-20/h5-16,28H,4,17H2,1-3H3/b26-16-/t28-/m1/s1. The summed E-state index contributed by atoms with van der Waals surface area (Å²) in [6.45, 7) is 6.04. The van der Waals surface area contributed by atoms with Crippen LogP contribution in [0.4, 0.5) is 0 Å². The maximum Gasteiger partial charge on any atom is 0.338 e. The molecule has 6 nitrogen and oxygen atoms in total. The first-order valence-corrected chi connectivity index (χ1v) is 14.3. The van der Waals surface area contributed by atoms with Crippen molar-refractivity contribution < 1.29 is 14.3 Å². The summed E-state index contributed by atoms with van der Waals surface area (Å²) in [5, 5.41) is 1.16. The molecule has 1 aliphatic rings. The van der Waals surface area contributed by atoms with E-state index in [-0.39, 0.29) is 12.2 Å². The molecule has 204 valence electrons. The van der Waals surface area contributed by atoms with Gasteiger partial charge >= 0.3 is 5.97 Å². The van der Waals surface area contributed by atoms with Crippen molar-refractivity contribution in [2.45, 2.75) is 33.4 Å². The maximum absolute atomic E-state index is 13.9. The van der Waals surface area contributed by atoms with Crippen LogP contribution in [-0.4, -0.2) is 17.1 Å². The first-order chi connectivity index (χ1) is 19.2. The summed E-state index contributed by atoms with van der Waals surface area (Å²) in [4.78, 5) is 32.1. The number of fused-ring (bicyclic) bond motifs is 1. The number of carbonyl (C=O) groups is 1. The molecule has 1 aliphatic heterocycles. The van der Waals surface area contributed by atoms with Crippen LogP contribution in [0.3, 0.4) is 0 Å². The lowest BCUT2D eigenvalue weighted by Crippen LogP contribution is -2.39. The van der Waals surface area contributed by atoms with Crippen LogP contribution in [0.25, 0.3) is 6.08 Å². The molecule has 1 atom stereocenters. The number of allylic oxidation sites excluding steroid dienone is 1. The summed E-state index contributed by atoms with van der Waals surface area (Å²) < 4.78 is 13.5. The van der Waals surface area contributed by atoms with E-state index in [0.29, 0.717) is 48.6 Å². The number of thiazole rings is 1. The third kappa shape index (κ3) is 5.77. The number of benzene rings is 3. The average molecular weight is 594 g/mol. The summed E-state index contributed by atoms with van der Waals surface area (Å²) in [6.07, 6.45) is 1.75. The zero-order chi connectivity index (χ0) is 28.4. The minimum Gasteiger partial charge on any atom is -0.488 e. The van der Waals surface area contributed by atoms with Crippen LogP contribution in [0.1, 0.15) is 42.1 Å². The second-order valence-corrected chi connectivity index (χ2v) is 11.2. The van der Waals surface area contributed by atoms with Crippen molar-refractivity contribution in [3.63, 3.8) is 0 Å². The van der Waals surface area contributed by atoms with E-state index in [0.717, 1.165) is 16.7 Å². The van der Waals surface area contributed by atoms with Crippen molar-refractivity contribution in [1.29, 1.82) is 0 Å². The van der Waals surface area contributed by atoms with E-state index in [1.165, 1.54) is 11.3 Å². The summed E-state index contributed by atoms with van der Waals surface area (Å²) >= 11 is 13.6. The normalized spacial score (nSPS) is 15.0. The Hall–Kier alpha value is -3.65. The molecule has 9 heteroatoms. The number of carbonyl (C=O) groups excluding carboxylic acids is 1. The van der Waals surface area contributed by atoms with Crippen molar-refractivity contribution in [3.05, 3.63) is 130 Å². The van der Waals surface area contributed by atoms with Crippen LogP contribution in [0.15, 0.2) is 87.8 Å². The Labute approximate surface area is 245 Å². The van der Waals surface area contributed by atoms with Crippen LogP contribution in [0, 0.1) is 6.92 Å². The molecule has 0 bridgehead atoms. The van der Waals surface area contributed by atoms with Crippen molar-refractivity contribution in [3.8, 4) is 5.75 Å². The van der Waals surface area contributed by atoms with Gasteiger partial charge in [0.2, 0.25) is 0 Å². The fourth-order valence-corrected chi connectivity index (χ4v) is 5.85. The van der Waals surface area contributed by atoms with Crippen LogP contribution in [0.5, 0.6) is 5.75 Å². The summed E-state index contributed by atoms with van der Waals surface area (Å²) in [7, 11) is 0. The average Bonchev–Trinajstić information content (AvgIpc) is 3.23. The van der Waals surface area contributed by atoms with Crippen LogP contribution >= 0.6 is 34.5 Å². The molecule has 5 rings (SSSR count). The molecular weight excluding hydrogens is 567 g/mol. The minimum atomic E-state index is -0.668. The van der Waals surface area contributed by atoms with E-state index in [1.54, 1.807) is 54.8 Å². The lowest BCUT2D eigenvalue weighted by Gasteiger charge is -2.24. The number of esters is 1. The van der Waals surface area contributed by atoms with E-state index in [1.807, 2.05) is 43.3 Å². The van der Waals surface area contributed by atoms with Gasteiger partial charge in [0.15, 0.2) is 4.80 Å². The monoisotopic (exact) mass is 592 g/mol. The molecule has 3 aromatic carbocycles. The van der Waals surface area contributed by atoms with Gasteiger partial charge in [0, 0.05) is 15.6 Å². The Morgan fingerprint density at radius 2 is 1.73 bits per heavy atom. The lowest BCUT2D eigenvalue weighted by atomic mass is 9.95. The summed E-state index contributed by atoms with van der Waals surface area (Å²) in [6, 6.07) is 19.8. The molecule has 1 aromatic heterocycles. The van der Waals surface area contributed by atoms with Gasteiger partial charge in [-0.25, -0.2) is 9.79 Å². The molecule has 0 N–H and O–H groups in total. The predicted octanol–water partition coefficient (Wildman–Crippen LogP) is 5.99. The van der Waals surface area contributed by atoms with Crippen molar-refractivity contribution in [2.75, 3.05) is 6.61 Å². The maximum atomic E-state index is 13.9.